The molecule has 0 spiro atoms. The monoisotopic (exact) mass is 361 g/mol. The van der Waals surface area contributed by atoms with Crippen molar-refractivity contribution in [3.8, 4) is 11.5 Å². The Hall–Kier alpha value is -3.47. The number of carbonyl (C=O) groups excluding carboxylic acids is 1. The highest BCUT2D eigenvalue weighted by Gasteiger charge is 2.15. The lowest BCUT2D eigenvalue weighted by Gasteiger charge is -2.20. The summed E-state index contributed by atoms with van der Waals surface area (Å²) in [5.74, 6) is 2.08. The zero-order chi connectivity index (χ0) is 18.5. The minimum absolute atomic E-state index is 0.0899. The number of ether oxygens (including phenoxy) is 2. The van der Waals surface area contributed by atoms with E-state index in [0.717, 1.165) is 22.6 Å². The quantitative estimate of drug-likeness (QED) is 0.616. The van der Waals surface area contributed by atoms with Crippen molar-refractivity contribution in [2.45, 2.75) is 13.1 Å². The first-order valence-electron chi connectivity index (χ1n) is 8.71. The second-order valence-electron chi connectivity index (χ2n) is 6.21. The Morgan fingerprint density at radius 3 is 2.63 bits per heavy atom. The number of carbonyl (C=O) groups is 1. The third-order valence-corrected chi connectivity index (χ3v) is 4.27. The van der Waals surface area contributed by atoms with Gasteiger partial charge in [0.05, 0.1) is 12.8 Å². The van der Waals surface area contributed by atoms with Crippen LogP contribution in [0.3, 0.4) is 0 Å². The fourth-order valence-electron chi connectivity index (χ4n) is 2.90. The summed E-state index contributed by atoms with van der Waals surface area (Å²) in [6, 6.07) is 19.2. The third kappa shape index (κ3) is 4.20. The van der Waals surface area contributed by atoms with Crippen molar-refractivity contribution < 1.29 is 18.7 Å². The van der Waals surface area contributed by atoms with Gasteiger partial charge < -0.3 is 18.8 Å². The minimum atomic E-state index is -0.0899. The van der Waals surface area contributed by atoms with E-state index in [1.54, 1.807) is 23.3 Å². The van der Waals surface area contributed by atoms with Crippen molar-refractivity contribution in [3.63, 3.8) is 0 Å². The standard InChI is InChI=1S/C22H19NO4/c24-22(11-9-17-8-10-20-21(13-17)27-16-26-20)23(15-19-7-4-12-25-19)14-18-5-2-1-3-6-18/h1-13H,14-16H2/b11-9+. The van der Waals surface area contributed by atoms with Crippen molar-refractivity contribution in [1.29, 1.82) is 0 Å². The van der Waals surface area contributed by atoms with Crippen molar-refractivity contribution in [1.82, 2.24) is 4.90 Å². The number of fused-ring (bicyclic) bond motifs is 1. The van der Waals surface area contributed by atoms with E-state index in [1.165, 1.54) is 0 Å². The van der Waals surface area contributed by atoms with Crippen LogP contribution in [0.1, 0.15) is 16.9 Å². The molecule has 0 saturated heterocycles. The summed E-state index contributed by atoms with van der Waals surface area (Å²) in [5.41, 5.74) is 1.94. The maximum Gasteiger partial charge on any atom is 0.247 e. The Kier molecular flexibility index (Phi) is 4.92. The third-order valence-electron chi connectivity index (χ3n) is 4.27. The molecule has 5 heteroatoms. The Labute approximate surface area is 157 Å². The van der Waals surface area contributed by atoms with Crippen LogP contribution in [0.2, 0.25) is 0 Å². The molecular weight excluding hydrogens is 342 g/mol. The van der Waals surface area contributed by atoms with Gasteiger partial charge in [-0.1, -0.05) is 36.4 Å². The molecule has 0 saturated carbocycles. The first-order chi connectivity index (χ1) is 13.3. The van der Waals surface area contributed by atoms with Gasteiger partial charge in [0.15, 0.2) is 11.5 Å². The molecule has 0 bridgehead atoms. The molecule has 3 aromatic rings. The van der Waals surface area contributed by atoms with E-state index < -0.39 is 0 Å². The molecule has 0 unspecified atom stereocenters. The topological polar surface area (TPSA) is 51.9 Å². The minimum Gasteiger partial charge on any atom is -0.467 e. The van der Waals surface area contributed by atoms with Gasteiger partial charge in [0.1, 0.15) is 5.76 Å². The Bertz CT molecular complexity index is 932. The summed E-state index contributed by atoms with van der Waals surface area (Å²) < 4.78 is 16.1. The van der Waals surface area contributed by atoms with Crippen LogP contribution in [0.5, 0.6) is 11.5 Å². The summed E-state index contributed by atoms with van der Waals surface area (Å²) in [4.78, 5) is 14.6. The lowest BCUT2D eigenvalue weighted by molar-refractivity contribution is -0.127. The first-order valence-corrected chi connectivity index (χ1v) is 8.71. The second-order valence-corrected chi connectivity index (χ2v) is 6.21. The van der Waals surface area contributed by atoms with Crippen LogP contribution in [0, 0.1) is 0 Å². The van der Waals surface area contributed by atoms with Crippen LogP contribution < -0.4 is 9.47 Å². The van der Waals surface area contributed by atoms with E-state index in [-0.39, 0.29) is 12.7 Å². The molecule has 0 radical (unpaired) electrons. The molecule has 2 heterocycles. The van der Waals surface area contributed by atoms with Crippen molar-refractivity contribution in [3.05, 3.63) is 89.9 Å². The smallest absolute Gasteiger partial charge is 0.247 e. The summed E-state index contributed by atoms with van der Waals surface area (Å²) in [6.45, 7) is 1.15. The highest BCUT2D eigenvalue weighted by Crippen LogP contribution is 2.32. The average molecular weight is 361 g/mol. The summed E-state index contributed by atoms with van der Waals surface area (Å²) in [7, 11) is 0. The highest BCUT2D eigenvalue weighted by atomic mass is 16.7. The van der Waals surface area contributed by atoms with Crippen LogP contribution in [-0.2, 0) is 17.9 Å². The number of benzene rings is 2. The number of hydrogen-bond acceptors (Lipinski definition) is 4. The van der Waals surface area contributed by atoms with E-state index in [0.29, 0.717) is 18.8 Å². The molecule has 0 atom stereocenters. The van der Waals surface area contributed by atoms with Gasteiger partial charge in [-0.05, 0) is 41.5 Å². The summed E-state index contributed by atoms with van der Waals surface area (Å²) in [5, 5.41) is 0. The number of hydrogen-bond donors (Lipinski definition) is 0. The molecule has 1 aliphatic heterocycles. The lowest BCUT2D eigenvalue weighted by Crippen LogP contribution is -2.28. The number of nitrogens with zero attached hydrogens (tertiary/aromatic N) is 1. The van der Waals surface area contributed by atoms with Gasteiger partial charge in [-0.3, -0.25) is 4.79 Å². The van der Waals surface area contributed by atoms with Gasteiger partial charge in [-0.25, -0.2) is 0 Å². The van der Waals surface area contributed by atoms with Gasteiger partial charge in [0.25, 0.3) is 0 Å². The molecule has 136 valence electrons. The zero-order valence-corrected chi connectivity index (χ0v) is 14.7. The van der Waals surface area contributed by atoms with Gasteiger partial charge in [0, 0.05) is 12.6 Å². The van der Waals surface area contributed by atoms with E-state index in [9.17, 15) is 4.79 Å². The van der Waals surface area contributed by atoms with Crippen LogP contribution >= 0.6 is 0 Å². The van der Waals surface area contributed by atoms with E-state index >= 15 is 0 Å². The van der Waals surface area contributed by atoms with Crippen molar-refractivity contribution >= 4 is 12.0 Å². The normalized spacial score (nSPS) is 12.4. The van der Waals surface area contributed by atoms with Crippen molar-refractivity contribution in [2.24, 2.45) is 0 Å². The molecule has 2 aromatic carbocycles. The molecule has 5 nitrogen and oxygen atoms in total. The highest BCUT2D eigenvalue weighted by molar-refractivity contribution is 5.91. The summed E-state index contributed by atoms with van der Waals surface area (Å²) in [6.07, 6.45) is 4.97. The van der Waals surface area contributed by atoms with Crippen molar-refractivity contribution in [2.75, 3.05) is 6.79 Å². The Balaban J connectivity index is 1.50. The molecule has 1 aromatic heterocycles. The molecule has 27 heavy (non-hydrogen) atoms. The fraction of sp³-hybridized carbons (Fsp3) is 0.136. The zero-order valence-electron chi connectivity index (χ0n) is 14.7. The Morgan fingerprint density at radius 1 is 0.963 bits per heavy atom. The maximum atomic E-state index is 12.8. The van der Waals surface area contributed by atoms with E-state index in [1.807, 2.05) is 60.7 Å². The molecule has 0 N–H and O–H groups in total. The summed E-state index contributed by atoms with van der Waals surface area (Å²) >= 11 is 0. The second kappa shape index (κ2) is 7.83. The molecule has 0 aliphatic carbocycles. The van der Waals surface area contributed by atoms with Gasteiger partial charge in [-0.15, -0.1) is 0 Å². The average Bonchev–Trinajstić information content (AvgIpc) is 3.37. The van der Waals surface area contributed by atoms with Gasteiger partial charge in [-0.2, -0.15) is 0 Å². The van der Waals surface area contributed by atoms with E-state index in [2.05, 4.69) is 0 Å². The molecule has 0 fully saturated rings. The van der Waals surface area contributed by atoms with E-state index in [4.69, 9.17) is 13.9 Å². The molecule has 1 amide bonds. The number of furan rings is 1. The van der Waals surface area contributed by atoms with Gasteiger partial charge >= 0.3 is 0 Å². The predicted molar refractivity (Wildman–Crippen MR) is 101 cm³/mol. The molecular formula is C22H19NO4. The van der Waals surface area contributed by atoms with Crippen LogP contribution in [0.15, 0.2) is 77.4 Å². The SMILES string of the molecule is O=C(/C=C/c1ccc2c(c1)OCO2)N(Cc1ccccc1)Cc1ccco1. The first kappa shape index (κ1) is 17.0. The lowest BCUT2D eigenvalue weighted by atomic mass is 10.1. The molecule has 4 rings (SSSR count). The van der Waals surface area contributed by atoms with Gasteiger partial charge in [0.2, 0.25) is 12.7 Å². The van der Waals surface area contributed by atoms with Crippen LogP contribution in [-0.4, -0.2) is 17.6 Å². The maximum absolute atomic E-state index is 12.8. The predicted octanol–water partition coefficient (Wildman–Crippen LogP) is 4.25. The largest absolute Gasteiger partial charge is 0.467 e. The van der Waals surface area contributed by atoms with Crippen LogP contribution in [0.25, 0.3) is 6.08 Å². The number of amides is 1. The van der Waals surface area contributed by atoms with Crippen LogP contribution in [0.4, 0.5) is 0 Å². The number of rotatable bonds is 6. The Morgan fingerprint density at radius 2 is 1.81 bits per heavy atom. The molecule has 1 aliphatic rings. The fourth-order valence-corrected chi connectivity index (χ4v) is 2.90.